The molecule has 1 aliphatic rings. The number of benzene rings is 1. The van der Waals surface area contributed by atoms with E-state index in [-0.39, 0.29) is 5.54 Å². The summed E-state index contributed by atoms with van der Waals surface area (Å²) in [6.45, 7) is 4.59. The molecule has 0 atom stereocenters. The Morgan fingerprint density at radius 2 is 2.17 bits per heavy atom. The normalized spacial score (nSPS) is 16.4. The monoisotopic (exact) mass is 326 g/mol. The Morgan fingerprint density at radius 3 is 2.78 bits per heavy atom. The van der Waals surface area contributed by atoms with Crippen LogP contribution in [0.5, 0.6) is 0 Å². The van der Waals surface area contributed by atoms with Crippen LogP contribution in [0.1, 0.15) is 32.5 Å². The van der Waals surface area contributed by atoms with Gasteiger partial charge in [0.2, 0.25) is 0 Å². The van der Waals surface area contributed by atoms with Crippen LogP contribution >= 0.6 is 27.5 Å². The molecule has 18 heavy (non-hydrogen) atoms. The van der Waals surface area contributed by atoms with Crippen molar-refractivity contribution in [1.29, 1.82) is 0 Å². The lowest BCUT2D eigenvalue weighted by molar-refractivity contribution is 0.306. The maximum absolute atomic E-state index is 6.08. The highest BCUT2D eigenvalue weighted by Crippen LogP contribution is 2.46. The standard InChI is InChI=1S/C14H16BrClN2/c1-14(2,9-3-4-9)18-12-7-10(15)5-6-11(12)17-13(18)8-16/h5-7,9H,3-4,8H2,1-2H3. The number of hydrogen-bond donors (Lipinski definition) is 0. The highest BCUT2D eigenvalue weighted by molar-refractivity contribution is 9.10. The van der Waals surface area contributed by atoms with Gasteiger partial charge < -0.3 is 4.57 Å². The molecule has 0 aliphatic heterocycles. The summed E-state index contributed by atoms with van der Waals surface area (Å²) in [5.41, 5.74) is 2.30. The molecule has 0 saturated heterocycles. The predicted octanol–water partition coefficient (Wildman–Crippen LogP) is 4.68. The molecule has 1 aromatic heterocycles. The molecule has 0 bridgehead atoms. The summed E-state index contributed by atoms with van der Waals surface area (Å²) in [7, 11) is 0. The van der Waals surface area contributed by atoms with Crippen LogP contribution in [0, 0.1) is 5.92 Å². The van der Waals surface area contributed by atoms with Crippen LogP contribution in [0.2, 0.25) is 0 Å². The van der Waals surface area contributed by atoms with Crippen molar-refractivity contribution < 1.29 is 0 Å². The van der Waals surface area contributed by atoms with E-state index in [1.807, 2.05) is 6.07 Å². The highest BCUT2D eigenvalue weighted by Gasteiger charge is 2.40. The number of rotatable bonds is 3. The Hall–Kier alpha value is -0.540. The minimum Gasteiger partial charge on any atom is -0.321 e. The van der Waals surface area contributed by atoms with Gasteiger partial charge in [-0.05, 0) is 50.8 Å². The first kappa shape index (κ1) is 12.5. The van der Waals surface area contributed by atoms with Crippen molar-refractivity contribution in [2.24, 2.45) is 5.92 Å². The zero-order valence-corrected chi connectivity index (χ0v) is 12.9. The maximum Gasteiger partial charge on any atom is 0.125 e. The molecule has 0 radical (unpaired) electrons. The molecule has 0 N–H and O–H groups in total. The molecule has 2 nitrogen and oxygen atoms in total. The third-order valence-corrected chi connectivity index (χ3v) is 4.69. The van der Waals surface area contributed by atoms with Crippen LogP contribution in [0.4, 0.5) is 0 Å². The van der Waals surface area contributed by atoms with Gasteiger partial charge >= 0.3 is 0 Å². The number of aromatic nitrogens is 2. The SMILES string of the molecule is CC(C)(C1CC1)n1c(CCl)nc2ccc(Br)cc21. The first-order valence-corrected chi connectivity index (χ1v) is 7.60. The van der Waals surface area contributed by atoms with Gasteiger partial charge in [0.25, 0.3) is 0 Å². The van der Waals surface area contributed by atoms with Gasteiger partial charge in [0.05, 0.1) is 16.9 Å². The zero-order chi connectivity index (χ0) is 12.9. The van der Waals surface area contributed by atoms with E-state index in [1.165, 1.54) is 18.4 Å². The lowest BCUT2D eigenvalue weighted by Crippen LogP contribution is -2.30. The number of halogens is 2. The predicted molar refractivity (Wildman–Crippen MR) is 79.0 cm³/mol. The summed E-state index contributed by atoms with van der Waals surface area (Å²) < 4.78 is 3.42. The molecule has 1 aliphatic carbocycles. The van der Waals surface area contributed by atoms with Crippen molar-refractivity contribution in [3.8, 4) is 0 Å². The van der Waals surface area contributed by atoms with Crippen LogP contribution < -0.4 is 0 Å². The van der Waals surface area contributed by atoms with Gasteiger partial charge in [0.1, 0.15) is 5.82 Å². The molecule has 2 aromatic rings. The summed E-state index contributed by atoms with van der Waals surface area (Å²) in [6.07, 6.45) is 2.62. The Balaban J connectivity index is 2.27. The minimum atomic E-state index is 0.0970. The van der Waals surface area contributed by atoms with Crippen molar-refractivity contribution >= 4 is 38.6 Å². The third-order valence-electron chi connectivity index (χ3n) is 3.96. The van der Waals surface area contributed by atoms with Gasteiger partial charge in [-0.15, -0.1) is 11.6 Å². The molecule has 0 unspecified atom stereocenters. The largest absolute Gasteiger partial charge is 0.321 e. The summed E-state index contributed by atoms with van der Waals surface area (Å²) in [5, 5.41) is 0. The first-order chi connectivity index (χ1) is 8.54. The number of imidazole rings is 1. The lowest BCUT2D eigenvalue weighted by atomic mass is 9.97. The van der Waals surface area contributed by atoms with Gasteiger partial charge in [-0.2, -0.15) is 0 Å². The second-order valence-corrected chi connectivity index (χ2v) is 6.74. The van der Waals surface area contributed by atoms with Crippen LogP contribution in [0.15, 0.2) is 22.7 Å². The highest BCUT2D eigenvalue weighted by atomic mass is 79.9. The summed E-state index contributed by atoms with van der Waals surface area (Å²) in [5.74, 6) is 2.18. The van der Waals surface area contributed by atoms with Gasteiger partial charge in [0, 0.05) is 10.0 Å². The van der Waals surface area contributed by atoms with Crippen LogP contribution in [0.25, 0.3) is 11.0 Å². The molecule has 0 amide bonds. The summed E-state index contributed by atoms with van der Waals surface area (Å²) in [4.78, 5) is 4.66. The van der Waals surface area contributed by atoms with Crippen LogP contribution in [-0.2, 0) is 11.4 Å². The van der Waals surface area contributed by atoms with Crippen molar-refractivity contribution in [3.05, 3.63) is 28.5 Å². The maximum atomic E-state index is 6.08. The van der Waals surface area contributed by atoms with E-state index in [4.69, 9.17) is 11.6 Å². The number of nitrogens with zero attached hydrogens (tertiary/aromatic N) is 2. The number of hydrogen-bond acceptors (Lipinski definition) is 1. The van der Waals surface area contributed by atoms with Crippen molar-refractivity contribution in [1.82, 2.24) is 9.55 Å². The van der Waals surface area contributed by atoms with E-state index in [1.54, 1.807) is 0 Å². The van der Waals surface area contributed by atoms with E-state index in [0.29, 0.717) is 5.88 Å². The van der Waals surface area contributed by atoms with E-state index >= 15 is 0 Å². The molecule has 1 heterocycles. The summed E-state index contributed by atoms with van der Waals surface area (Å²) in [6, 6.07) is 6.22. The Kier molecular flexibility index (Phi) is 2.94. The molecule has 0 spiro atoms. The minimum absolute atomic E-state index is 0.0970. The number of alkyl halides is 1. The van der Waals surface area contributed by atoms with Gasteiger partial charge in [0.15, 0.2) is 0 Å². The smallest absolute Gasteiger partial charge is 0.125 e. The fourth-order valence-corrected chi connectivity index (χ4v) is 3.33. The molecule has 1 saturated carbocycles. The average molecular weight is 328 g/mol. The Bertz CT molecular complexity index is 599. The van der Waals surface area contributed by atoms with E-state index < -0.39 is 0 Å². The zero-order valence-electron chi connectivity index (χ0n) is 10.6. The molecular formula is C14H16BrClN2. The fourth-order valence-electron chi connectivity index (χ4n) is 2.80. The van der Waals surface area contributed by atoms with E-state index in [0.717, 1.165) is 21.7 Å². The van der Waals surface area contributed by atoms with Crippen molar-refractivity contribution in [2.75, 3.05) is 0 Å². The molecule has 4 heteroatoms. The van der Waals surface area contributed by atoms with E-state index in [9.17, 15) is 0 Å². The molecule has 1 fully saturated rings. The van der Waals surface area contributed by atoms with Gasteiger partial charge in [-0.1, -0.05) is 15.9 Å². The lowest BCUT2D eigenvalue weighted by Gasteiger charge is -2.29. The first-order valence-electron chi connectivity index (χ1n) is 6.27. The topological polar surface area (TPSA) is 17.8 Å². The molecular weight excluding hydrogens is 312 g/mol. The molecule has 3 rings (SSSR count). The molecule has 96 valence electrons. The van der Waals surface area contributed by atoms with Crippen molar-refractivity contribution in [3.63, 3.8) is 0 Å². The van der Waals surface area contributed by atoms with Gasteiger partial charge in [-0.25, -0.2) is 4.98 Å². The van der Waals surface area contributed by atoms with Crippen LogP contribution in [-0.4, -0.2) is 9.55 Å². The average Bonchev–Trinajstić information content (AvgIpc) is 3.10. The van der Waals surface area contributed by atoms with E-state index in [2.05, 4.69) is 51.5 Å². The molecule has 1 aromatic carbocycles. The van der Waals surface area contributed by atoms with Gasteiger partial charge in [-0.3, -0.25) is 0 Å². The third kappa shape index (κ3) is 1.88. The quantitative estimate of drug-likeness (QED) is 0.748. The Labute approximate surface area is 120 Å². The van der Waals surface area contributed by atoms with Crippen LogP contribution in [0.3, 0.4) is 0 Å². The van der Waals surface area contributed by atoms with Crippen molar-refractivity contribution in [2.45, 2.75) is 38.1 Å². The Morgan fingerprint density at radius 1 is 1.44 bits per heavy atom. The summed E-state index contributed by atoms with van der Waals surface area (Å²) >= 11 is 9.62. The fraction of sp³-hybridized carbons (Fsp3) is 0.500. The second-order valence-electron chi connectivity index (χ2n) is 5.56. The number of fused-ring (bicyclic) bond motifs is 1. The second kappa shape index (κ2) is 4.24.